The fraction of sp³-hybridized carbons (Fsp3) is 0.364. The number of rotatable bonds is 7. The van der Waals surface area contributed by atoms with Crippen molar-refractivity contribution in [2.75, 3.05) is 30.3 Å². The Morgan fingerprint density at radius 3 is 2.34 bits per heavy atom. The van der Waals surface area contributed by atoms with Crippen LogP contribution in [-0.2, 0) is 4.79 Å². The number of nitrogens with one attached hydrogen (secondary N) is 3. The van der Waals surface area contributed by atoms with Gasteiger partial charge >= 0.3 is 12.4 Å². The molecule has 2 aromatic carbocycles. The molecule has 3 N–H and O–H groups in total. The molecule has 3 rings (SSSR count). The van der Waals surface area contributed by atoms with Crippen LogP contribution in [0.3, 0.4) is 0 Å². The molecule has 1 atom stereocenters. The highest BCUT2D eigenvalue weighted by atomic mass is 19.4. The molecule has 10 heteroatoms. The van der Waals surface area contributed by atoms with E-state index in [0.717, 1.165) is 37.9 Å². The number of anilines is 2. The van der Waals surface area contributed by atoms with Crippen LogP contribution in [0, 0.1) is 0 Å². The number of carbonyl (C=O) groups excluding carboxylic acids is 2. The minimum absolute atomic E-state index is 0.0126. The average Bonchev–Trinajstić information content (AvgIpc) is 2.74. The average molecular weight is 450 g/mol. The molecule has 0 spiro atoms. The molecule has 7 nitrogen and oxygen atoms in total. The molecule has 1 unspecified atom stereocenters. The lowest BCUT2D eigenvalue weighted by Gasteiger charge is -2.35. The van der Waals surface area contributed by atoms with Crippen molar-refractivity contribution in [1.82, 2.24) is 10.2 Å². The van der Waals surface area contributed by atoms with Gasteiger partial charge in [0, 0.05) is 24.0 Å². The Balaban J connectivity index is 1.47. The Hall–Kier alpha value is -3.27. The van der Waals surface area contributed by atoms with Crippen molar-refractivity contribution in [1.29, 1.82) is 0 Å². The Bertz CT molecular complexity index is 892. The summed E-state index contributed by atoms with van der Waals surface area (Å²) in [6.07, 6.45) is -1.96. The number of piperidine rings is 1. The largest absolute Gasteiger partial charge is 0.573 e. The molecule has 0 bridgehead atoms. The number of nitrogens with zero attached hydrogens (tertiary/aromatic N) is 1. The van der Waals surface area contributed by atoms with Gasteiger partial charge in [-0.05, 0) is 55.8 Å². The van der Waals surface area contributed by atoms with Gasteiger partial charge in [-0.1, -0.05) is 24.6 Å². The summed E-state index contributed by atoms with van der Waals surface area (Å²) < 4.78 is 40.6. The first-order valence-electron chi connectivity index (χ1n) is 10.3. The number of amides is 3. The maximum Gasteiger partial charge on any atom is 0.573 e. The van der Waals surface area contributed by atoms with E-state index in [1.54, 1.807) is 12.1 Å². The van der Waals surface area contributed by atoms with Gasteiger partial charge in [0.15, 0.2) is 0 Å². The third kappa shape index (κ3) is 7.77. The number of hydrogen-bond acceptors (Lipinski definition) is 4. The van der Waals surface area contributed by atoms with Crippen LogP contribution in [0.25, 0.3) is 0 Å². The molecular weight excluding hydrogens is 425 g/mol. The fourth-order valence-electron chi connectivity index (χ4n) is 3.53. The summed E-state index contributed by atoms with van der Waals surface area (Å²) in [7, 11) is 0. The van der Waals surface area contributed by atoms with Gasteiger partial charge in [0.25, 0.3) is 0 Å². The molecule has 0 aliphatic carbocycles. The molecule has 2 aromatic rings. The van der Waals surface area contributed by atoms with E-state index in [1.807, 2.05) is 23.1 Å². The summed E-state index contributed by atoms with van der Waals surface area (Å²) in [5.74, 6) is -0.637. The van der Waals surface area contributed by atoms with Crippen LogP contribution in [0.5, 0.6) is 5.75 Å². The maximum absolute atomic E-state index is 12.5. The molecule has 0 aromatic heterocycles. The van der Waals surface area contributed by atoms with Crippen molar-refractivity contribution in [3.8, 4) is 5.75 Å². The zero-order chi connectivity index (χ0) is 23.0. The van der Waals surface area contributed by atoms with Gasteiger partial charge in [-0.3, -0.25) is 9.69 Å². The van der Waals surface area contributed by atoms with E-state index in [0.29, 0.717) is 17.9 Å². The Labute approximate surface area is 183 Å². The Morgan fingerprint density at radius 2 is 1.66 bits per heavy atom. The zero-order valence-electron chi connectivity index (χ0n) is 17.3. The van der Waals surface area contributed by atoms with Gasteiger partial charge in [0.2, 0.25) is 5.91 Å². The third-order valence-corrected chi connectivity index (χ3v) is 5.00. The van der Waals surface area contributed by atoms with Crippen LogP contribution in [0.15, 0.2) is 54.6 Å². The van der Waals surface area contributed by atoms with Crippen molar-refractivity contribution in [2.45, 2.75) is 31.7 Å². The molecule has 0 saturated carbocycles. The number of likely N-dealkylation sites (tertiary alicyclic amines) is 1. The van der Waals surface area contributed by atoms with Gasteiger partial charge < -0.3 is 20.7 Å². The third-order valence-electron chi connectivity index (χ3n) is 5.00. The van der Waals surface area contributed by atoms with Gasteiger partial charge in [-0.25, -0.2) is 4.79 Å². The molecule has 32 heavy (non-hydrogen) atoms. The lowest BCUT2D eigenvalue weighted by Crippen LogP contribution is -2.49. The second-order valence-electron chi connectivity index (χ2n) is 7.44. The summed E-state index contributed by atoms with van der Waals surface area (Å²) >= 11 is 0. The van der Waals surface area contributed by atoms with Crippen molar-refractivity contribution < 1.29 is 27.5 Å². The van der Waals surface area contributed by atoms with E-state index >= 15 is 0 Å². The SMILES string of the molecule is O=C(CN1CCCCC1CNC(=O)Nc1ccccc1)Nc1ccc(OC(F)(F)F)cc1. The number of hydrogen-bond donors (Lipinski definition) is 3. The van der Waals surface area contributed by atoms with E-state index in [4.69, 9.17) is 0 Å². The van der Waals surface area contributed by atoms with Gasteiger partial charge in [0.1, 0.15) is 5.75 Å². The number of halogens is 3. The van der Waals surface area contributed by atoms with Crippen molar-refractivity contribution >= 4 is 23.3 Å². The molecule has 1 aliphatic rings. The molecule has 1 heterocycles. The number of carbonyl (C=O) groups is 2. The van der Waals surface area contributed by atoms with E-state index < -0.39 is 6.36 Å². The lowest BCUT2D eigenvalue weighted by atomic mass is 10.0. The van der Waals surface area contributed by atoms with Crippen LogP contribution in [0.1, 0.15) is 19.3 Å². The van der Waals surface area contributed by atoms with Crippen LogP contribution < -0.4 is 20.7 Å². The van der Waals surface area contributed by atoms with Crippen LogP contribution >= 0.6 is 0 Å². The van der Waals surface area contributed by atoms with Crippen LogP contribution in [0.2, 0.25) is 0 Å². The molecule has 172 valence electrons. The molecule has 1 aliphatic heterocycles. The Kier molecular flexibility index (Phi) is 7.93. The second kappa shape index (κ2) is 10.9. The lowest BCUT2D eigenvalue weighted by molar-refractivity contribution is -0.274. The topological polar surface area (TPSA) is 82.7 Å². The van der Waals surface area contributed by atoms with Crippen molar-refractivity contribution in [2.24, 2.45) is 0 Å². The number of urea groups is 1. The molecule has 1 fully saturated rings. The van der Waals surface area contributed by atoms with E-state index in [2.05, 4.69) is 20.7 Å². The predicted molar refractivity (Wildman–Crippen MR) is 114 cm³/mol. The maximum atomic E-state index is 12.5. The van der Waals surface area contributed by atoms with Gasteiger partial charge in [0.05, 0.1) is 6.54 Å². The Morgan fingerprint density at radius 1 is 0.969 bits per heavy atom. The highest BCUT2D eigenvalue weighted by Gasteiger charge is 2.31. The molecular formula is C22H25F3N4O3. The minimum Gasteiger partial charge on any atom is -0.406 e. The number of alkyl halides is 3. The summed E-state index contributed by atoms with van der Waals surface area (Å²) in [4.78, 5) is 26.6. The molecule has 1 saturated heterocycles. The van der Waals surface area contributed by atoms with Crippen molar-refractivity contribution in [3.05, 3.63) is 54.6 Å². The fourth-order valence-corrected chi connectivity index (χ4v) is 3.53. The standard InChI is InChI=1S/C22H25F3N4O3/c23-22(24,25)32-19-11-9-17(10-12-19)27-20(30)15-29-13-5-4-8-18(29)14-26-21(31)28-16-6-2-1-3-7-16/h1-3,6-7,9-12,18H,4-5,8,13-15H2,(H,27,30)(H2,26,28,31). The smallest absolute Gasteiger partial charge is 0.406 e. The van der Waals surface area contributed by atoms with Gasteiger partial charge in [-0.15, -0.1) is 13.2 Å². The minimum atomic E-state index is -4.76. The summed E-state index contributed by atoms with van der Waals surface area (Å²) in [5.41, 5.74) is 1.06. The monoisotopic (exact) mass is 450 g/mol. The highest BCUT2D eigenvalue weighted by molar-refractivity contribution is 5.92. The first-order chi connectivity index (χ1) is 15.3. The molecule has 3 amide bonds. The molecule has 0 radical (unpaired) electrons. The summed E-state index contributed by atoms with van der Waals surface area (Å²) in [5, 5.41) is 8.29. The van der Waals surface area contributed by atoms with Crippen molar-refractivity contribution in [3.63, 3.8) is 0 Å². The first kappa shape index (κ1) is 23.4. The predicted octanol–water partition coefficient (Wildman–Crippen LogP) is 4.20. The quantitative estimate of drug-likeness (QED) is 0.591. The van der Waals surface area contributed by atoms with Gasteiger partial charge in [-0.2, -0.15) is 0 Å². The number of ether oxygens (including phenoxy) is 1. The van der Waals surface area contributed by atoms with Crippen LogP contribution in [-0.4, -0.2) is 48.9 Å². The highest BCUT2D eigenvalue weighted by Crippen LogP contribution is 2.24. The summed E-state index contributed by atoms with van der Waals surface area (Å²) in [6, 6.07) is 13.8. The van der Waals surface area contributed by atoms with E-state index in [-0.39, 0.29) is 30.3 Å². The number of para-hydroxylation sites is 1. The first-order valence-corrected chi connectivity index (χ1v) is 10.3. The summed E-state index contributed by atoms with van der Waals surface area (Å²) in [6.45, 7) is 1.24. The van der Waals surface area contributed by atoms with E-state index in [9.17, 15) is 22.8 Å². The second-order valence-corrected chi connectivity index (χ2v) is 7.44. The van der Waals surface area contributed by atoms with Crippen LogP contribution in [0.4, 0.5) is 29.3 Å². The number of benzene rings is 2. The zero-order valence-corrected chi connectivity index (χ0v) is 17.3. The normalized spacial score (nSPS) is 16.8. The van der Waals surface area contributed by atoms with E-state index in [1.165, 1.54) is 12.1 Å².